The molecular formula is C16H27NO2. The number of phenols is 1. The predicted octanol–water partition coefficient (Wildman–Crippen LogP) is 3.88. The summed E-state index contributed by atoms with van der Waals surface area (Å²) in [6, 6.07) is 6.03. The van der Waals surface area contributed by atoms with E-state index in [1.807, 2.05) is 12.1 Å². The van der Waals surface area contributed by atoms with Crippen molar-refractivity contribution in [1.82, 2.24) is 5.32 Å². The van der Waals surface area contributed by atoms with Gasteiger partial charge in [0.25, 0.3) is 0 Å². The van der Waals surface area contributed by atoms with Gasteiger partial charge in [-0.15, -0.1) is 0 Å². The minimum Gasteiger partial charge on any atom is -0.507 e. The quantitative estimate of drug-likeness (QED) is 0.786. The summed E-state index contributed by atoms with van der Waals surface area (Å²) >= 11 is 0. The third-order valence-electron chi connectivity index (χ3n) is 3.97. The Labute approximate surface area is 117 Å². The Morgan fingerprint density at radius 1 is 1.21 bits per heavy atom. The van der Waals surface area contributed by atoms with Crippen molar-refractivity contribution in [2.75, 3.05) is 7.11 Å². The third kappa shape index (κ3) is 4.13. The number of nitrogens with one attached hydrogen (secondary N) is 1. The molecule has 0 spiro atoms. The molecule has 3 heteroatoms. The first kappa shape index (κ1) is 15.8. The molecule has 19 heavy (non-hydrogen) atoms. The zero-order chi connectivity index (χ0) is 14.4. The van der Waals surface area contributed by atoms with Crippen molar-refractivity contribution in [1.29, 1.82) is 0 Å². The number of hydrogen-bond acceptors (Lipinski definition) is 3. The second-order valence-corrected chi connectivity index (χ2v) is 5.18. The van der Waals surface area contributed by atoms with Crippen LogP contribution in [0, 0.1) is 5.92 Å². The van der Waals surface area contributed by atoms with Crippen LogP contribution < -0.4 is 10.1 Å². The molecule has 1 aromatic rings. The first-order valence-electron chi connectivity index (χ1n) is 7.16. The molecule has 0 heterocycles. The molecular weight excluding hydrogens is 238 g/mol. The second kappa shape index (κ2) is 7.39. The van der Waals surface area contributed by atoms with Crippen LogP contribution >= 0.6 is 0 Å². The van der Waals surface area contributed by atoms with Crippen LogP contribution in [0.4, 0.5) is 0 Å². The van der Waals surface area contributed by atoms with Gasteiger partial charge in [0.05, 0.1) is 7.11 Å². The Hall–Kier alpha value is -1.22. The highest BCUT2D eigenvalue weighted by atomic mass is 16.5. The average molecular weight is 265 g/mol. The summed E-state index contributed by atoms with van der Waals surface area (Å²) in [6.45, 7) is 8.75. The zero-order valence-corrected chi connectivity index (χ0v) is 12.7. The maximum absolute atomic E-state index is 10.0. The van der Waals surface area contributed by atoms with Crippen molar-refractivity contribution >= 4 is 0 Å². The fourth-order valence-electron chi connectivity index (χ4n) is 2.63. The molecule has 0 saturated heterocycles. The summed E-state index contributed by atoms with van der Waals surface area (Å²) in [4.78, 5) is 0. The van der Waals surface area contributed by atoms with Gasteiger partial charge in [0.2, 0.25) is 0 Å². The maximum Gasteiger partial charge on any atom is 0.124 e. The van der Waals surface area contributed by atoms with Gasteiger partial charge in [0.1, 0.15) is 11.5 Å². The summed E-state index contributed by atoms with van der Waals surface area (Å²) in [5.41, 5.74) is 0.915. The Morgan fingerprint density at radius 2 is 1.84 bits per heavy atom. The molecule has 0 bridgehead atoms. The molecule has 2 atom stereocenters. The molecule has 0 radical (unpaired) electrons. The first-order valence-corrected chi connectivity index (χ1v) is 7.16. The Balaban J connectivity index is 2.75. The molecule has 0 aliphatic rings. The Morgan fingerprint density at radius 3 is 2.32 bits per heavy atom. The van der Waals surface area contributed by atoms with Gasteiger partial charge in [0.15, 0.2) is 0 Å². The SMILES string of the molecule is CCC(CC)C(C)NC(C)c1ccc(OC)cc1O. The van der Waals surface area contributed by atoms with Crippen molar-refractivity contribution in [3.8, 4) is 11.5 Å². The highest BCUT2D eigenvalue weighted by molar-refractivity contribution is 5.41. The average Bonchev–Trinajstić information content (AvgIpc) is 2.39. The highest BCUT2D eigenvalue weighted by Gasteiger charge is 2.18. The molecule has 3 nitrogen and oxygen atoms in total. The Bertz CT molecular complexity index is 388. The lowest BCUT2D eigenvalue weighted by Crippen LogP contribution is -2.35. The lowest BCUT2D eigenvalue weighted by molar-refractivity contribution is 0.326. The molecule has 0 aliphatic carbocycles. The van der Waals surface area contributed by atoms with Crippen LogP contribution in [-0.4, -0.2) is 18.3 Å². The van der Waals surface area contributed by atoms with Crippen LogP contribution in [0.15, 0.2) is 18.2 Å². The number of rotatable bonds is 7. The number of methoxy groups -OCH3 is 1. The summed E-state index contributed by atoms with van der Waals surface area (Å²) in [6.07, 6.45) is 2.35. The lowest BCUT2D eigenvalue weighted by Gasteiger charge is -2.27. The standard InChI is InChI=1S/C16H27NO2/c1-6-13(7-2)11(3)17-12(4)15-9-8-14(19-5)10-16(15)18/h8-13,17-18H,6-7H2,1-5H3. The number of ether oxygens (including phenoxy) is 1. The van der Waals surface area contributed by atoms with Crippen LogP contribution in [0.5, 0.6) is 11.5 Å². The second-order valence-electron chi connectivity index (χ2n) is 5.18. The predicted molar refractivity (Wildman–Crippen MR) is 79.7 cm³/mol. The normalized spacial score (nSPS) is 14.4. The molecule has 1 aromatic carbocycles. The van der Waals surface area contributed by atoms with Crippen LogP contribution in [-0.2, 0) is 0 Å². The van der Waals surface area contributed by atoms with Crippen LogP contribution in [0.2, 0.25) is 0 Å². The summed E-state index contributed by atoms with van der Waals surface area (Å²) < 4.78 is 5.10. The maximum atomic E-state index is 10.0. The van der Waals surface area contributed by atoms with Gasteiger partial charge in [-0.25, -0.2) is 0 Å². The molecule has 2 unspecified atom stereocenters. The number of aromatic hydroxyl groups is 1. The van der Waals surface area contributed by atoms with Gasteiger partial charge >= 0.3 is 0 Å². The molecule has 2 N–H and O–H groups in total. The Kier molecular flexibility index (Phi) is 6.16. The van der Waals surface area contributed by atoms with E-state index in [9.17, 15) is 5.11 Å². The third-order valence-corrected chi connectivity index (χ3v) is 3.97. The number of hydrogen-bond donors (Lipinski definition) is 2. The van der Waals surface area contributed by atoms with E-state index in [1.165, 1.54) is 12.8 Å². The van der Waals surface area contributed by atoms with Crippen molar-refractivity contribution in [2.24, 2.45) is 5.92 Å². The van der Waals surface area contributed by atoms with Crippen LogP contribution in [0.1, 0.15) is 52.1 Å². The van der Waals surface area contributed by atoms with Gasteiger partial charge in [-0.2, -0.15) is 0 Å². The van der Waals surface area contributed by atoms with Gasteiger partial charge in [0, 0.05) is 23.7 Å². The zero-order valence-electron chi connectivity index (χ0n) is 12.7. The van der Waals surface area contributed by atoms with E-state index in [1.54, 1.807) is 13.2 Å². The van der Waals surface area contributed by atoms with E-state index >= 15 is 0 Å². The van der Waals surface area contributed by atoms with Gasteiger partial charge < -0.3 is 15.2 Å². The summed E-state index contributed by atoms with van der Waals surface area (Å²) in [5, 5.41) is 13.6. The van der Waals surface area contributed by atoms with E-state index in [4.69, 9.17) is 4.74 Å². The number of phenolic OH excluding ortho intramolecular Hbond substituents is 1. The molecule has 108 valence electrons. The van der Waals surface area contributed by atoms with E-state index in [-0.39, 0.29) is 11.8 Å². The van der Waals surface area contributed by atoms with E-state index < -0.39 is 0 Å². The molecule has 1 rings (SSSR count). The molecule has 0 fully saturated rings. The van der Waals surface area contributed by atoms with Gasteiger partial charge in [-0.05, 0) is 25.8 Å². The van der Waals surface area contributed by atoms with Crippen molar-refractivity contribution in [2.45, 2.75) is 52.6 Å². The molecule has 0 amide bonds. The summed E-state index contributed by atoms with van der Waals surface area (Å²) in [5.74, 6) is 1.64. The monoisotopic (exact) mass is 265 g/mol. The minimum absolute atomic E-state index is 0.126. The van der Waals surface area contributed by atoms with Gasteiger partial charge in [-0.3, -0.25) is 0 Å². The summed E-state index contributed by atoms with van der Waals surface area (Å²) in [7, 11) is 1.60. The van der Waals surface area contributed by atoms with Crippen molar-refractivity contribution in [3.63, 3.8) is 0 Å². The smallest absolute Gasteiger partial charge is 0.124 e. The van der Waals surface area contributed by atoms with E-state index in [2.05, 4.69) is 33.0 Å². The molecule has 0 aliphatic heterocycles. The van der Waals surface area contributed by atoms with E-state index in [0.29, 0.717) is 17.7 Å². The number of benzene rings is 1. The van der Waals surface area contributed by atoms with Crippen LogP contribution in [0.25, 0.3) is 0 Å². The fourth-order valence-corrected chi connectivity index (χ4v) is 2.63. The highest BCUT2D eigenvalue weighted by Crippen LogP contribution is 2.29. The molecule has 0 saturated carbocycles. The minimum atomic E-state index is 0.126. The topological polar surface area (TPSA) is 41.5 Å². The van der Waals surface area contributed by atoms with Crippen molar-refractivity contribution in [3.05, 3.63) is 23.8 Å². The first-order chi connectivity index (χ1) is 9.03. The van der Waals surface area contributed by atoms with E-state index in [0.717, 1.165) is 5.56 Å². The van der Waals surface area contributed by atoms with Crippen LogP contribution in [0.3, 0.4) is 0 Å². The largest absolute Gasteiger partial charge is 0.507 e. The van der Waals surface area contributed by atoms with Gasteiger partial charge in [-0.1, -0.05) is 32.8 Å². The molecule has 0 aromatic heterocycles. The van der Waals surface area contributed by atoms with Crippen molar-refractivity contribution < 1.29 is 9.84 Å². The lowest BCUT2D eigenvalue weighted by atomic mass is 9.94. The fraction of sp³-hybridized carbons (Fsp3) is 0.625.